The van der Waals surface area contributed by atoms with Crippen molar-refractivity contribution in [1.82, 2.24) is 10.2 Å². The molecule has 4 nitrogen and oxygen atoms in total. The van der Waals surface area contributed by atoms with Gasteiger partial charge < -0.3 is 14.5 Å². The lowest BCUT2D eigenvalue weighted by Gasteiger charge is -2.25. The van der Waals surface area contributed by atoms with Crippen LogP contribution in [0.25, 0.3) is 0 Å². The van der Waals surface area contributed by atoms with E-state index in [9.17, 15) is 0 Å². The Morgan fingerprint density at radius 1 is 1.17 bits per heavy atom. The molecule has 1 fully saturated rings. The van der Waals surface area contributed by atoms with Crippen molar-refractivity contribution >= 4 is 0 Å². The van der Waals surface area contributed by atoms with Crippen LogP contribution >= 0.6 is 0 Å². The number of nitrogens with zero attached hydrogens (tertiary/aromatic N) is 1. The molecule has 0 unspecified atom stereocenters. The van der Waals surface area contributed by atoms with E-state index in [-0.39, 0.29) is 5.54 Å². The molecule has 1 aliphatic heterocycles. The monoisotopic (exact) mass is 252 g/mol. The summed E-state index contributed by atoms with van der Waals surface area (Å²) in [6, 6.07) is 4.14. The normalized spacial score (nSPS) is 18.2. The van der Waals surface area contributed by atoms with Gasteiger partial charge in [-0.2, -0.15) is 0 Å². The first-order valence-corrected chi connectivity index (χ1v) is 6.66. The van der Waals surface area contributed by atoms with Crippen LogP contribution in [-0.2, 0) is 17.8 Å². The van der Waals surface area contributed by atoms with Crippen LogP contribution in [0.4, 0.5) is 0 Å². The van der Waals surface area contributed by atoms with Gasteiger partial charge in [0.2, 0.25) is 0 Å². The number of rotatable bonds is 4. The Kier molecular flexibility index (Phi) is 4.43. The van der Waals surface area contributed by atoms with E-state index in [0.29, 0.717) is 0 Å². The van der Waals surface area contributed by atoms with Crippen molar-refractivity contribution in [3.05, 3.63) is 23.7 Å². The van der Waals surface area contributed by atoms with Gasteiger partial charge in [-0.15, -0.1) is 0 Å². The van der Waals surface area contributed by atoms with Crippen molar-refractivity contribution in [2.45, 2.75) is 39.4 Å². The number of furan rings is 1. The lowest BCUT2D eigenvalue weighted by molar-refractivity contribution is 0.0311. The molecule has 1 saturated heterocycles. The van der Waals surface area contributed by atoms with Gasteiger partial charge in [-0.3, -0.25) is 4.90 Å². The summed E-state index contributed by atoms with van der Waals surface area (Å²) in [5, 5.41) is 3.43. The molecule has 18 heavy (non-hydrogen) atoms. The Labute approximate surface area is 109 Å². The van der Waals surface area contributed by atoms with E-state index in [1.54, 1.807) is 0 Å². The maximum Gasteiger partial charge on any atom is 0.118 e. The predicted octanol–water partition coefficient (Wildman–Crippen LogP) is 2.00. The van der Waals surface area contributed by atoms with Crippen molar-refractivity contribution in [2.24, 2.45) is 0 Å². The predicted molar refractivity (Wildman–Crippen MR) is 71.4 cm³/mol. The molecule has 0 saturated carbocycles. The van der Waals surface area contributed by atoms with Crippen LogP contribution in [0.15, 0.2) is 16.5 Å². The fraction of sp³-hybridized carbons (Fsp3) is 0.714. The average molecular weight is 252 g/mol. The number of nitrogens with one attached hydrogen (secondary N) is 1. The zero-order valence-electron chi connectivity index (χ0n) is 11.7. The average Bonchev–Trinajstić information content (AvgIpc) is 2.75. The van der Waals surface area contributed by atoms with E-state index in [1.807, 2.05) is 0 Å². The van der Waals surface area contributed by atoms with Crippen LogP contribution < -0.4 is 5.32 Å². The Morgan fingerprint density at radius 3 is 2.50 bits per heavy atom. The minimum absolute atomic E-state index is 0.122. The van der Waals surface area contributed by atoms with Gasteiger partial charge >= 0.3 is 0 Å². The van der Waals surface area contributed by atoms with Crippen LogP contribution in [0.5, 0.6) is 0 Å². The van der Waals surface area contributed by atoms with Gasteiger partial charge in [0.15, 0.2) is 0 Å². The summed E-state index contributed by atoms with van der Waals surface area (Å²) in [6.45, 7) is 11.8. The molecule has 4 heteroatoms. The van der Waals surface area contributed by atoms with Gasteiger partial charge in [-0.05, 0) is 32.9 Å². The minimum Gasteiger partial charge on any atom is -0.463 e. The van der Waals surface area contributed by atoms with Crippen molar-refractivity contribution in [1.29, 1.82) is 0 Å². The molecule has 1 aromatic rings. The van der Waals surface area contributed by atoms with E-state index >= 15 is 0 Å². The van der Waals surface area contributed by atoms with Crippen LogP contribution in [0, 0.1) is 0 Å². The molecule has 0 amide bonds. The van der Waals surface area contributed by atoms with Gasteiger partial charge in [-0.25, -0.2) is 0 Å². The molecule has 1 aliphatic rings. The SMILES string of the molecule is CC(C)(C)NCc1ccc(CN2CCOCC2)o1. The summed E-state index contributed by atoms with van der Waals surface area (Å²) in [6.07, 6.45) is 0. The molecule has 1 aromatic heterocycles. The lowest BCUT2D eigenvalue weighted by atomic mass is 10.1. The number of hydrogen-bond donors (Lipinski definition) is 1. The van der Waals surface area contributed by atoms with Gasteiger partial charge in [0, 0.05) is 18.6 Å². The maximum atomic E-state index is 5.84. The summed E-state index contributed by atoms with van der Waals surface area (Å²) < 4.78 is 11.2. The van der Waals surface area contributed by atoms with Crippen LogP contribution in [0.1, 0.15) is 32.3 Å². The third-order valence-corrected chi connectivity index (χ3v) is 2.99. The Balaban J connectivity index is 1.82. The molecule has 0 bridgehead atoms. The summed E-state index contributed by atoms with van der Waals surface area (Å²) in [7, 11) is 0. The largest absolute Gasteiger partial charge is 0.463 e. The van der Waals surface area contributed by atoms with E-state index in [1.165, 1.54) is 0 Å². The second kappa shape index (κ2) is 5.87. The first kappa shape index (κ1) is 13.6. The molecule has 2 rings (SSSR count). The molecule has 1 N–H and O–H groups in total. The van der Waals surface area contributed by atoms with Gasteiger partial charge in [0.25, 0.3) is 0 Å². The fourth-order valence-electron chi connectivity index (χ4n) is 1.93. The topological polar surface area (TPSA) is 37.6 Å². The second-order valence-corrected chi connectivity index (χ2v) is 5.86. The van der Waals surface area contributed by atoms with E-state index < -0.39 is 0 Å². The minimum atomic E-state index is 0.122. The first-order valence-electron chi connectivity index (χ1n) is 6.66. The van der Waals surface area contributed by atoms with Gasteiger partial charge in [0.1, 0.15) is 11.5 Å². The van der Waals surface area contributed by atoms with Gasteiger partial charge in [-0.1, -0.05) is 0 Å². The van der Waals surface area contributed by atoms with Crippen molar-refractivity contribution in [3.63, 3.8) is 0 Å². The lowest BCUT2D eigenvalue weighted by Crippen LogP contribution is -2.35. The highest BCUT2D eigenvalue weighted by molar-refractivity contribution is 5.07. The summed E-state index contributed by atoms with van der Waals surface area (Å²) >= 11 is 0. The third kappa shape index (κ3) is 4.44. The standard InChI is InChI=1S/C14H24N2O2/c1-14(2,3)15-10-12-4-5-13(18-12)11-16-6-8-17-9-7-16/h4-5,15H,6-11H2,1-3H3. The fourth-order valence-corrected chi connectivity index (χ4v) is 1.93. The molecular formula is C14H24N2O2. The smallest absolute Gasteiger partial charge is 0.118 e. The highest BCUT2D eigenvalue weighted by Crippen LogP contribution is 2.12. The number of morpholine rings is 1. The van der Waals surface area contributed by atoms with E-state index in [2.05, 4.69) is 43.1 Å². The highest BCUT2D eigenvalue weighted by Gasteiger charge is 2.14. The Morgan fingerprint density at radius 2 is 1.83 bits per heavy atom. The quantitative estimate of drug-likeness (QED) is 0.889. The third-order valence-electron chi connectivity index (χ3n) is 2.99. The zero-order valence-corrected chi connectivity index (χ0v) is 11.7. The molecule has 0 atom stereocenters. The van der Waals surface area contributed by atoms with E-state index in [0.717, 1.165) is 50.9 Å². The highest BCUT2D eigenvalue weighted by atomic mass is 16.5. The van der Waals surface area contributed by atoms with Crippen molar-refractivity contribution in [3.8, 4) is 0 Å². The van der Waals surface area contributed by atoms with Crippen LogP contribution in [0.3, 0.4) is 0 Å². The molecular weight excluding hydrogens is 228 g/mol. The molecule has 102 valence electrons. The van der Waals surface area contributed by atoms with Crippen molar-refractivity contribution in [2.75, 3.05) is 26.3 Å². The molecule has 0 aliphatic carbocycles. The summed E-state index contributed by atoms with van der Waals surface area (Å²) in [5.41, 5.74) is 0.122. The van der Waals surface area contributed by atoms with Gasteiger partial charge in [0.05, 0.1) is 26.3 Å². The number of hydrogen-bond acceptors (Lipinski definition) is 4. The van der Waals surface area contributed by atoms with Crippen LogP contribution in [0.2, 0.25) is 0 Å². The van der Waals surface area contributed by atoms with Crippen molar-refractivity contribution < 1.29 is 9.15 Å². The first-order chi connectivity index (χ1) is 8.53. The summed E-state index contributed by atoms with van der Waals surface area (Å²) in [5.74, 6) is 2.05. The zero-order chi connectivity index (χ0) is 13.0. The van der Waals surface area contributed by atoms with Crippen LogP contribution in [-0.4, -0.2) is 36.7 Å². The number of ether oxygens (including phenoxy) is 1. The second-order valence-electron chi connectivity index (χ2n) is 5.86. The molecule has 0 spiro atoms. The Bertz CT molecular complexity index is 362. The molecule has 2 heterocycles. The molecule has 0 aromatic carbocycles. The maximum absolute atomic E-state index is 5.84. The molecule has 0 radical (unpaired) electrons. The van der Waals surface area contributed by atoms with E-state index in [4.69, 9.17) is 9.15 Å². The summed E-state index contributed by atoms with van der Waals surface area (Å²) in [4.78, 5) is 2.36. The Hall–Kier alpha value is -0.840.